The Morgan fingerprint density at radius 2 is 2.36 bits per heavy atom. The minimum Gasteiger partial charge on any atom is -0.338 e. The first kappa shape index (κ1) is 14.6. The molecular formula is C16H19FN4O. The number of nitrogens with one attached hydrogen (secondary N) is 1. The maximum atomic E-state index is 13.1. The number of amides is 2. The number of imidazole rings is 1. The highest BCUT2D eigenvalue weighted by Gasteiger charge is 2.29. The van der Waals surface area contributed by atoms with Gasteiger partial charge in [-0.2, -0.15) is 0 Å². The molecule has 0 aliphatic carbocycles. The number of rotatable bonds is 3. The smallest absolute Gasteiger partial charge is 0.317 e. The molecule has 5 nitrogen and oxygen atoms in total. The number of nitrogens with zero attached hydrogens (tertiary/aromatic N) is 3. The first-order valence-corrected chi connectivity index (χ1v) is 7.38. The molecule has 1 N–H and O–H groups in total. The van der Waals surface area contributed by atoms with Crippen molar-refractivity contribution in [3.63, 3.8) is 0 Å². The van der Waals surface area contributed by atoms with E-state index >= 15 is 0 Å². The third kappa shape index (κ3) is 3.10. The van der Waals surface area contributed by atoms with Crippen molar-refractivity contribution in [1.29, 1.82) is 0 Å². The molecule has 6 heteroatoms. The van der Waals surface area contributed by atoms with Gasteiger partial charge in [0.25, 0.3) is 0 Å². The number of halogens is 1. The third-order valence-corrected chi connectivity index (χ3v) is 4.03. The van der Waals surface area contributed by atoms with E-state index in [9.17, 15) is 9.18 Å². The summed E-state index contributed by atoms with van der Waals surface area (Å²) in [6, 6.07) is 6.15. The normalized spacial score (nSPS) is 17.7. The lowest BCUT2D eigenvalue weighted by molar-refractivity contribution is 0.207. The number of aryl methyl sites for hydroxylation is 1. The van der Waals surface area contributed by atoms with Gasteiger partial charge in [0, 0.05) is 45.0 Å². The quantitative estimate of drug-likeness (QED) is 0.945. The van der Waals surface area contributed by atoms with Crippen LogP contribution in [0.25, 0.3) is 0 Å². The van der Waals surface area contributed by atoms with E-state index in [1.165, 1.54) is 12.1 Å². The molecule has 116 valence electrons. The Labute approximate surface area is 128 Å². The van der Waals surface area contributed by atoms with Crippen molar-refractivity contribution in [2.24, 2.45) is 7.05 Å². The minimum absolute atomic E-state index is 0.110. The van der Waals surface area contributed by atoms with Crippen molar-refractivity contribution in [1.82, 2.24) is 19.8 Å². The summed E-state index contributed by atoms with van der Waals surface area (Å²) in [5, 5.41) is 2.84. The average molecular weight is 302 g/mol. The summed E-state index contributed by atoms with van der Waals surface area (Å²) >= 11 is 0. The first-order chi connectivity index (χ1) is 10.6. The number of aromatic nitrogens is 2. The van der Waals surface area contributed by atoms with Crippen LogP contribution in [0.2, 0.25) is 0 Å². The molecule has 1 aliphatic rings. The molecule has 22 heavy (non-hydrogen) atoms. The largest absolute Gasteiger partial charge is 0.338 e. The van der Waals surface area contributed by atoms with Gasteiger partial charge in [0.2, 0.25) is 0 Å². The number of carbonyl (C=O) groups is 1. The fourth-order valence-electron chi connectivity index (χ4n) is 2.86. The molecule has 1 saturated heterocycles. The summed E-state index contributed by atoms with van der Waals surface area (Å²) in [5.74, 6) is 1.00. The standard InChI is InChI=1S/C16H19FN4O/c1-20-8-6-18-15(20)13-5-7-21(11-13)16(22)19-10-12-3-2-4-14(17)9-12/h2-4,6,8-9,13H,5,7,10-11H2,1H3,(H,19,22). The van der Waals surface area contributed by atoms with Gasteiger partial charge in [-0.15, -0.1) is 0 Å². The summed E-state index contributed by atoms with van der Waals surface area (Å²) in [7, 11) is 1.97. The highest BCUT2D eigenvalue weighted by molar-refractivity contribution is 5.74. The second-order valence-electron chi connectivity index (χ2n) is 5.62. The molecule has 1 aromatic carbocycles. The molecule has 0 saturated carbocycles. The first-order valence-electron chi connectivity index (χ1n) is 7.38. The van der Waals surface area contributed by atoms with Crippen LogP contribution in [-0.2, 0) is 13.6 Å². The van der Waals surface area contributed by atoms with E-state index in [1.807, 2.05) is 17.8 Å². The Morgan fingerprint density at radius 1 is 1.50 bits per heavy atom. The maximum absolute atomic E-state index is 13.1. The lowest BCUT2D eigenvalue weighted by atomic mass is 10.1. The number of hydrogen-bond acceptors (Lipinski definition) is 2. The van der Waals surface area contributed by atoms with E-state index in [0.29, 0.717) is 19.6 Å². The SMILES string of the molecule is Cn1ccnc1C1CCN(C(=O)NCc2cccc(F)c2)C1. The summed E-state index contributed by atoms with van der Waals surface area (Å²) in [4.78, 5) is 18.3. The molecule has 2 heterocycles. The van der Waals surface area contributed by atoms with Gasteiger partial charge in [-0.25, -0.2) is 14.2 Å². The van der Waals surface area contributed by atoms with Crippen molar-refractivity contribution in [2.45, 2.75) is 18.9 Å². The lowest BCUT2D eigenvalue weighted by Crippen LogP contribution is -2.38. The maximum Gasteiger partial charge on any atom is 0.317 e. The highest BCUT2D eigenvalue weighted by atomic mass is 19.1. The summed E-state index contributed by atoms with van der Waals surface area (Å²) < 4.78 is 15.1. The van der Waals surface area contributed by atoms with Crippen LogP contribution in [-0.4, -0.2) is 33.6 Å². The second kappa shape index (κ2) is 6.17. The van der Waals surface area contributed by atoms with Crippen LogP contribution in [0.4, 0.5) is 9.18 Å². The zero-order valence-corrected chi connectivity index (χ0v) is 12.5. The Kier molecular flexibility index (Phi) is 4.09. The van der Waals surface area contributed by atoms with Crippen molar-refractivity contribution >= 4 is 6.03 Å². The number of hydrogen-bond donors (Lipinski definition) is 1. The Balaban J connectivity index is 1.54. The molecule has 1 aliphatic heterocycles. The van der Waals surface area contributed by atoms with Gasteiger partial charge in [-0.1, -0.05) is 12.1 Å². The predicted octanol–water partition coefficient (Wildman–Crippen LogP) is 2.26. The molecule has 2 amide bonds. The molecule has 0 bridgehead atoms. The second-order valence-corrected chi connectivity index (χ2v) is 5.62. The highest BCUT2D eigenvalue weighted by Crippen LogP contribution is 2.25. The van der Waals surface area contributed by atoms with Gasteiger partial charge in [-0.3, -0.25) is 0 Å². The van der Waals surface area contributed by atoms with Crippen LogP contribution in [0.1, 0.15) is 23.7 Å². The van der Waals surface area contributed by atoms with Crippen molar-refractivity contribution < 1.29 is 9.18 Å². The molecule has 1 fully saturated rings. The molecule has 0 radical (unpaired) electrons. The van der Waals surface area contributed by atoms with E-state index < -0.39 is 0 Å². The zero-order chi connectivity index (χ0) is 15.5. The van der Waals surface area contributed by atoms with Gasteiger partial charge in [0.15, 0.2) is 0 Å². The van der Waals surface area contributed by atoms with E-state index in [0.717, 1.165) is 17.8 Å². The summed E-state index contributed by atoms with van der Waals surface area (Å²) in [5.41, 5.74) is 0.758. The van der Waals surface area contributed by atoms with Crippen LogP contribution in [0.5, 0.6) is 0 Å². The number of carbonyl (C=O) groups excluding carboxylic acids is 1. The Hall–Kier alpha value is -2.37. The van der Waals surface area contributed by atoms with E-state index in [1.54, 1.807) is 23.2 Å². The average Bonchev–Trinajstić information content (AvgIpc) is 3.13. The lowest BCUT2D eigenvalue weighted by Gasteiger charge is -2.17. The monoisotopic (exact) mass is 302 g/mol. The van der Waals surface area contributed by atoms with Gasteiger partial charge >= 0.3 is 6.03 Å². The molecular weight excluding hydrogens is 283 g/mol. The molecule has 1 aromatic heterocycles. The summed E-state index contributed by atoms with van der Waals surface area (Å²) in [6.45, 7) is 1.71. The predicted molar refractivity (Wildman–Crippen MR) is 80.8 cm³/mol. The van der Waals surface area contributed by atoms with E-state index in [4.69, 9.17) is 0 Å². The fraction of sp³-hybridized carbons (Fsp3) is 0.375. The molecule has 3 rings (SSSR count). The van der Waals surface area contributed by atoms with Crippen LogP contribution < -0.4 is 5.32 Å². The number of benzene rings is 1. The van der Waals surface area contributed by atoms with Crippen molar-refractivity contribution in [3.05, 3.63) is 53.9 Å². The van der Waals surface area contributed by atoms with Crippen LogP contribution >= 0.6 is 0 Å². The Bertz CT molecular complexity index is 670. The topological polar surface area (TPSA) is 50.2 Å². The Morgan fingerprint density at radius 3 is 3.09 bits per heavy atom. The van der Waals surface area contributed by atoms with Gasteiger partial charge < -0.3 is 14.8 Å². The van der Waals surface area contributed by atoms with Crippen LogP contribution in [0.15, 0.2) is 36.7 Å². The van der Waals surface area contributed by atoms with Gasteiger partial charge in [-0.05, 0) is 24.1 Å². The minimum atomic E-state index is -0.289. The van der Waals surface area contributed by atoms with Crippen LogP contribution in [0, 0.1) is 5.82 Å². The van der Waals surface area contributed by atoms with Gasteiger partial charge in [0.1, 0.15) is 11.6 Å². The molecule has 1 atom stereocenters. The van der Waals surface area contributed by atoms with Crippen molar-refractivity contribution in [2.75, 3.05) is 13.1 Å². The molecule has 1 unspecified atom stereocenters. The number of likely N-dealkylation sites (tertiary alicyclic amines) is 1. The van der Waals surface area contributed by atoms with E-state index in [-0.39, 0.29) is 17.8 Å². The van der Waals surface area contributed by atoms with Gasteiger partial charge in [0.05, 0.1) is 0 Å². The van der Waals surface area contributed by atoms with Crippen molar-refractivity contribution in [3.8, 4) is 0 Å². The molecule has 2 aromatic rings. The van der Waals surface area contributed by atoms with Crippen LogP contribution in [0.3, 0.4) is 0 Å². The fourth-order valence-corrected chi connectivity index (χ4v) is 2.86. The third-order valence-electron chi connectivity index (χ3n) is 4.03. The summed E-state index contributed by atoms with van der Waals surface area (Å²) in [6.07, 6.45) is 4.61. The molecule has 0 spiro atoms. The number of urea groups is 1. The van der Waals surface area contributed by atoms with E-state index in [2.05, 4.69) is 10.3 Å². The zero-order valence-electron chi connectivity index (χ0n) is 12.5.